The summed E-state index contributed by atoms with van der Waals surface area (Å²) >= 11 is 0. The Morgan fingerprint density at radius 2 is 1.78 bits per heavy atom. The minimum absolute atomic E-state index is 0.116. The molecule has 0 heterocycles. The van der Waals surface area contributed by atoms with Crippen molar-refractivity contribution < 1.29 is 10.2 Å². The third-order valence-electron chi connectivity index (χ3n) is 1.48. The van der Waals surface area contributed by atoms with Crippen LogP contribution >= 0.6 is 0 Å². The Bertz CT molecular complexity index is 50.9. The molecule has 0 aliphatic carbocycles. The number of rotatable bonds is 5. The average molecular weight is 132 g/mol. The molecule has 56 valence electrons. The van der Waals surface area contributed by atoms with Crippen LogP contribution in [0.1, 0.15) is 26.2 Å². The summed E-state index contributed by atoms with van der Waals surface area (Å²) in [5.41, 5.74) is 0. The van der Waals surface area contributed by atoms with Gasteiger partial charge in [-0.2, -0.15) is 0 Å². The smallest absolute Gasteiger partial charge is 0.0481 e. The van der Waals surface area contributed by atoms with Crippen LogP contribution in [0.2, 0.25) is 0 Å². The minimum atomic E-state index is 0.116. The van der Waals surface area contributed by atoms with Crippen molar-refractivity contribution in [3.63, 3.8) is 0 Å². The second-order valence-corrected chi connectivity index (χ2v) is 2.37. The first-order chi connectivity index (χ1) is 4.35. The molecule has 0 rings (SSSR count). The van der Waals surface area contributed by atoms with Crippen molar-refractivity contribution in [3.05, 3.63) is 0 Å². The monoisotopic (exact) mass is 132 g/mol. The summed E-state index contributed by atoms with van der Waals surface area (Å²) in [4.78, 5) is 0. The summed E-state index contributed by atoms with van der Waals surface area (Å²) in [5, 5.41) is 17.2. The van der Waals surface area contributed by atoms with Gasteiger partial charge in [-0.05, 0) is 6.42 Å². The summed E-state index contributed by atoms with van der Waals surface area (Å²) in [6.07, 6.45) is 3.19. The van der Waals surface area contributed by atoms with E-state index >= 15 is 0 Å². The fourth-order valence-corrected chi connectivity index (χ4v) is 0.733. The SMILES string of the molecule is CCCCC(CO)CO. The fourth-order valence-electron chi connectivity index (χ4n) is 0.733. The molecule has 0 fully saturated rings. The van der Waals surface area contributed by atoms with Gasteiger partial charge in [0.25, 0.3) is 0 Å². The van der Waals surface area contributed by atoms with Crippen LogP contribution in [0.25, 0.3) is 0 Å². The molecule has 2 N–H and O–H groups in total. The summed E-state index contributed by atoms with van der Waals surface area (Å²) in [6.45, 7) is 2.35. The molecule has 0 aromatic heterocycles. The Labute approximate surface area is 56.5 Å². The van der Waals surface area contributed by atoms with Crippen LogP contribution < -0.4 is 0 Å². The largest absolute Gasteiger partial charge is 0.396 e. The van der Waals surface area contributed by atoms with E-state index in [2.05, 4.69) is 6.92 Å². The van der Waals surface area contributed by atoms with Crippen molar-refractivity contribution in [1.29, 1.82) is 0 Å². The Morgan fingerprint density at radius 1 is 1.22 bits per heavy atom. The molecule has 2 heteroatoms. The lowest BCUT2D eigenvalue weighted by Crippen LogP contribution is -2.10. The van der Waals surface area contributed by atoms with Crippen LogP contribution in [-0.4, -0.2) is 23.4 Å². The molecule has 0 bridgehead atoms. The van der Waals surface area contributed by atoms with E-state index in [-0.39, 0.29) is 19.1 Å². The molecular weight excluding hydrogens is 116 g/mol. The van der Waals surface area contributed by atoms with E-state index in [1.165, 1.54) is 0 Å². The second kappa shape index (κ2) is 6.05. The van der Waals surface area contributed by atoms with Crippen LogP contribution in [-0.2, 0) is 0 Å². The Balaban J connectivity index is 3.09. The third-order valence-corrected chi connectivity index (χ3v) is 1.48. The second-order valence-electron chi connectivity index (χ2n) is 2.37. The number of unbranched alkanes of at least 4 members (excludes halogenated alkanes) is 1. The van der Waals surface area contributed by atoms with E-state index in [4.69, 9.17) is 10.2 Å². The van der Waals surface area contributed by atoms with Crippen molar-refractivity contribution in [2.45, 2.75) is 26.2 Å². The summed E-state index contributed by atoms with van der Waals surface area (Å²) < 4.78 is 0. The standard InChI is InChI=1S/C7H16O2/c1-2-3-4-7(5-8)6-9/h7-9H,2-6H2,1H3. The lowest BCUT2D eigenvalue weighted by atomic mass is 10.0. The fraction of sp³-hybridized carbons (Fsp3) is 1.00. The highest BCUT2D eigenvalue weighted by atomic mass is 16.3. The predicted octanol–water partition coefficient (Wildman–Crippen LogP) is 0.777. The van der Waals surface area contributed by atoms with Gasteiger partial charge < -0.3 is 10.2 Å². The molecule has 9 heavy (non-hydrogen) atoms. The lowest BCUT2D eigenvalue weighted by Gasteiger charge is -2.07. The van der Waals surface area contributed by atoms with E-state index in [9.17, 15) is 0 Å². The van der Waals surface area contributed by atoms with Gasteiger partial charge in [0.2, 0.25) is 0 Å². The molecule has 0 saturated carbocycles. The molecule has 2 nitrogen and oxygen atoms in total. The average Bonchev–Trinajstić information content (AvgIpc) is 1.91. The number of hydrogen-bond acceptors (Lipinski definition) is 2. The van der Waals surface area contributed by atoms with E-state index in [1.807, 2.05) is 0 Å². The zero-order chi connectivity index (χ0) is 7.11. The lowest BCUT2D eigenvalue weighted by molar-refractivity contribution is 0.142. The summed E-state index contributed by atoms with van der Waals surface area (Å²) in [7, 11) is 0. The van der Waals surface area contributed by atoms with Crippen LogP contribution in [0.3, 0.4) is 0 Å². The van der Waals surface area contributed by atoms with Crippen molar-refractivity contribution >= 4 is 0 Å². The van der Waals surface area contributed by atoms with Crippen molar-refractivity contribution in [2.24, 2.45) is 5.92 Å². The molecule has 0 spiro atoms. The predicted molar refractivity (Wildman–Crippen MR) is 37.2 cm³/mol. The van der Waals surface area contributed by atoms with E-state index < -0.39 is 0 Å². The van der Waals surface area contributed by atoms with Crippen molar-refractivity contribution in [3.8, 4) is 0 Å². The number of hydrogen-bond donors (Lipinski definition) is 2. The maximum absolute atomic E-state index is 8.59. The van der Waals surface area contributed by atoms with Gasteiger partial charge in [0.15, 0.2) is 0 Å². The Hall–Kier alpha value is -0.0800. The van der Waals surface area contributed by atoms with Crippen molar-refractivity contribution in [1.82, 2.24) is 0 Å². The molecule has 0 aliphatic heterocycles. The molecule has 0 amide bonds. The van der Waals surface area contributed by atoms with Crippen LogP contribution in [0.15, 0.2) is 0 Å². The van der Waals surface area contributed by atoms with Crippen molar-refractivity contribution in [2.75, 3.05) is 13.2 Å². The highest BCUT2D eigenvalue weighted by Crippen LogP contribution is 2.05. The van der Waals surface area contributed by atoms with E-state index in [0.717, 1.165) is 19.3 Å². The Kier molecular flexibility index (Phi) is 5.99. The van der Waals surface area contributed by atoms with Gasteiger partial charge in [-0.1, -0.05) is 19.8 Å². The normalized spacial score (nSPS) is 10.7. The molecule has 0 atom stereocenters. The zero-order valence-electron chi connectivity index (χ0n) is 6.01. The molecule has 0 aliphatic rings. The van der Waals surface area contributed by atoms with Gasteiger partial charge in [0.1, 0.15) is 0 Å². The topological polar surface area (TPSA) is 40.5 Å². The molecule has 0 unspecified atom stereocenters. The first-order valence-corrected chi connectivity index (χ1v) is 3.56. The number of aliphatic hydroxyl groups is 2. The zero-order valence-corrected chi connectivity index (χ0v) is 6.01. The van der Waals surface area contributed by atoms with Crippen LogP contribution in [0, 0.1) is 5.92 Å². The highest BCUT2D eigenvalue weighted by Gasteiger charge is 2.02. The Morgan fingerprint density at radius 3 is 2.11 bits per heavy atom. The first kappa shape index (κ1) is 8.92. The number of aliphatic hydroxyl groups excluding tert-OH is 2. The van der Waals surface area contributed by atoms with Crippen LogP contribution in [0.5, 0.6) is 0 Å². The van der Waals surface area contributed by atoms with E-state index in [1.54, 1.807) is 0 Å². The summed E-state index contributed by atoms with van der Waals surface area (Å²) in [6, 6.07) is 0. The van der Waals surface area contributed by atoms with Gasteiger partial charge >= 0.3 is 0 Å². The molecular formula is C7H16O2. The first-order valence-electron chi connectivity index (χ1n) is 3.56. The molecule has 0 aromatic carbocycles. The van der Waals surface area contributed by atoms with Gasteiger partial charge in [0.05, 0.1) is 0 Å². The highest BCUT2D eigenvalue weighted by molar-refractivity contribution is 4.53. The van der Waals surface area contributed by atoms with Gasteiger partial charge in [-0.25, -0.2) is 0 Å². The minimum Gasteiger partial charge on any atom is -0.396 e. The summed E-state index contributed by atoms with van der Waals surface area (Å²) in [5.74, 6) is 0.116. The van der Waals surface area contributed by atoms with Crippen LogP contribution in [0.4, 0.5) is 0 Å². The van der Waals surface area contributed by atoms with Gasteiger partial charge in [-0.15, -0.1) is 0 Å². The molecule has 0 saturated heterocycles. The van der Waals surface area contributed by atoms with Gasteiger partial charge in [0, 0.05) is 19.1 Å². The van der Waals surface area contributed by atoms with Gasteiger partial charge in [-0.3, -0.25) is 0 Å². The van der Waals surface area contributed by atoms with E-state index in [0.29, 0.717) is 0 Å². The maximum Gasteiger partial charge on any atom is 0.0481 e. The molecule has 0 radical (unpaired) electrons. The third kappa shape index (κ3) is 4.43. The quantitative estimate of drug-likeness (QED) is 0.580. The maximum atomic E-state index is 8.59. The molecule has 0 aromatic rings.